The van der Waals surface area contributed by atoms with Gasteiger partial charge in [-0.15, -0.1) is 0 Å². The van der Waals surface area contributed by atoms with Crippen LogP contribution in [0.15, 0.2) is 17.0 Å². The molecular weight excluding hydrogens is 283 g/mol. The van der Waals surface area contributed by atoms with E-state index in [2.05, 4.69) is 0 Å². The van der Waals surface area contributed by atoms with Crippen molar-refractivity contribution in [2.75, 3.05) is 26.0 Å². The van der Waals surface area contributed by atoms with E-state index in [9.17, 15) is 12.8 Å². The Morgan fingerprint density at radius 3 is 2.65 bits per heavy atom. The number of methoxy groups -OCH3 is 1. The molecule has 1 aromatic carbocycles. The van der Waals surface area contributed by atoms with E-state index < -0.39 is 15.8 Å². The molecule has 7 heteroatoms. The molecular formula is C13H19FN2O3S. The van der Waals surface area contributed by atoms with Gasteiger partial charge in [-0.2, -0.15) is 4.31 Å². The molecule has 112 valence electrons. The summed E-state index contributed by atoms with van der Waals surface area (Å²) in [5.41, 5.74) is 5.77. The number of sulfonamides is 1. The summed E-state index contributed by atoms with van der Waals surface area (Å²) in [7, 11) is -2.24. The second-order valence-corrected chi connectivity index (χ2v) is 6.82. The monoisotopic (exact) mass is 302 g/mol. The Labute approximate surface area is 118 Å². The molecule has 0 radical (unpaired) electrons. The maximum Gasteiger partial charge on any atom is 0.243 e. The molecule has 1 aliphatic carbocycles. The summed E-state index contributed by atoms with van der Waals surface area (Å²) < 4.78 is 45.4. The number of halogens is 1. The number of nitrogens with two attached hydrogens (primary N) is 1. The molecule has 0 atom stereocenters. The van der Waals surface area contributed by atoms with Gasteiger partial charge < -0.3 is 10.5 Å². The molecule has 2 N–H and O–H groups in total. The second-order valence-electron chi connectivity index (χ2n) is 4.97. The highest BCUT2D eigenvalue weighted by molar-refractivity contribution is 7.89. The lowest BCUT2D eigenvalue weighted by atomic mass is 10.2. The van der Waals surface area contributed by atoms with Crippen molar-refractivity contribution in [3.63, 3.8) is 0 Å². The number of rotatable bonds is 6. The lowest BCUT2D eigenvalue weighted by Gasteiger charge is -2.22. The first-order valence-corrected chi connectivity index (χ1v) is 7.88. The topological polar surface area (TPSA) is 72.6 Å². The molecule has 5 nitrogen and oxygen atoms in total. The Morgan fingerprint density at radius 1 is 1.45 bits per heavy atom. The van der Waals surface area contributed by atoms with Gasteiger partial charge in [0.1, 0.15) is 5.82 Å². The zero-order valence-electron chi connectivity index (χ0n) is 11.6. The van der Waals surface area contributed by atoms with Gasteiger partial charge in [-0.1, -0.05) is 0 Å². The number of benzene rings is 1. The minimum absolute atomic E-state index is 0.0148. The van der Waals surface area contributed by atoms with E-state index in [4.69, 9.17) is 10.5 Å². The fourth-order valence-corrected chi connectivity index (χ4v) is 4.05. The highest BCUT2D eigenvalue weighted by Crippen LogP contribution is 2.33. The van der Waals surface area contributed by atoms with Crippen molar-refractivity contribution in [1.82, 2.24) is 4.31 Å². The second kappa shape index (κ2) is 5.67. The van der Waals surface area contributed by atoms with Gasteiger partial charge in [0.25, 0.3) is 0 Å². The fraction of sp³-hybridized carbons (Fsp3) is 0.538. The minimum atomic E-state index is -3.75. The van der Waals surface area contributed by atoms with Gasteiger partial charge in [0.2, 0.25) is 10.0 Å². The van der Waals surface area contributed by atoms with Crippen molar-refractivity contribution >= 4 is 15.7 Å². The van der Waals surface area contributed by atoms with Gasteiger partial charge in [0.15, 0.2) is 0 Å². The van der Waals surface area contributed by atoms with Crippen molar-refractivity contribution in [3.8, 4) is 0 Å². The summed E-state index contributed by atoms with van der Waals surface area (Å²) in [5.74, 6) is -0.605. The Morgan fingerprint density at radius 2 is 2.10 bits per heavy atom. The molecule has 1 fully saturated rings. The van der Waals surface area contributed by atoms with E-state index in [0.29, 0.717) is 6.61 Å². The minimum Gasteiger partial charge on any atom is -0.399 e. The molecule has 0 heterocycles. The van der Waals surface area contributed by atoms with E-state index in [0.717, 1.165) is 18.9 Å². The number of ether oxygens (including phenoxy) is 1. The van der Waals surface area contributed by atoms with Crippen LogP contribution in [0, 0.1) is 12.7 Å². The molecule has 20 heavy (non-hydrogen) atoms. The molecule has 1 aliphatic rings. The third-order valence-electron chi connectivity index (χ3n) is 3.38. The van der Waals surface area contributed by atoms with Gasteiger partial charge >= 0.3 is 0 Å². The largest absolute Gasteiger partial charge is 0.399 e. The summed E-state index contributed by atoms with van der Waals surface area (Å²) >= 11 is 0. The van der Waals surface area contributed by atoms with E-state index in [1.54, 1.807) is 0 Å². The quantitative estimate of drug-likeness (QED) is 0.809. The van der Waals surface area contributed by atoms with E-state index in [1.165, 1.54) is 24.4 Å². The van der Waals surface area contributed by atoms with Crippen LogP contribution in [0.25, 0.3) is 0 Å². The third-order valence-corrected chi connectivity index (χ3v) is 5.45. The van der Waals surface area contributed by atoms with Gasteiger partial charge in [0.05, 0.1) is 11.5 Å². The van der Waals surface area contributed by atoms with E-state index in [-0.39, 0.29) is 28.7 Å². The molecule has 0 aliphatic heterocycles. The van der Waals surface area contributed by atoms with Crippen molar-refractivity contribution in [2.24, 2.45) is 0 Å². The molecule has 2 rings (SSSR count). The van der Waals surface area contributed by atoms with Crippen molar-refractivity contribution in [2.45, 2.75) is 30.7 Å². The highest BCUT2D eigenvalue weighted by Gasteiger charge is 2.38. The van der Waals surface area contributed by atoms with Gasteiger partial charge in [-0.25, -0.2) is 12.8 Å². The summed E-state index contributed by atoms with van der Waals surface area (Å²) in [6.45, 7) is 2.02. The number of nitrogen functional groups attached to an aromatic ring is 1. The van der Waals surface area contributed by atoms with Crippen LogP contribution in [-0.4, -0.2) is 39.0 Å². The molecule has 0 aromatic heterocycles. The van der Waals surface area contributed by atoms with E-state index in [1.807, 2.05) is 0 Å². The summed E-state index contributed by atoms with van der Waals surface area (Å²) in [4.78, 5) is -0.0574. The average molecular weight is 302 g/mol. The maximum absolute atomic E-state index is 13.7. The van der Waals surface area contributed by atoms with Crippen LogP contribution in [0.3, 0.4) is 0 Å². The van der Waals surface area contributed by atoms with Crippen LogP contribution < -0.4 is 5.73 Å². The predicted octanol–water partition coefficient (Wildman–Crippen LogP) is 1.52. The van der Waals surface area contributed by atoms with Crippen molar-refractivity contribution in [3.05, 3.63) is 23.5 Å². The lowest BCUT2D eigenvalue weighted by Crippen LogP contribution is -2.36. The van der Waals surface area contributed by atoms with Crippen LogP contribution in [0.2, 0.25) is 0 Å². The van der Waals surface area contributed by atoms with Crippen molar-refractivity contribution < 1.29 is 17.5 Å². The van der Waals surface area contributed by atoms with Gasteiger partial charge in [-0.3, -0.25) is 0 Å². The first-order chi connectivity index (χ1) is 9.37. The van der Waals surface area contributed by atoms with Crippen LogP contribution in [-0.2, 0) is 14.8 Å². The summed E-state index contributed by atoms with van der Waals surface area (Å²) in [6.07, 6.45) is 1.65. The maximum atomic E-state index is 13.7. The fourth-order valence-electron chi connectivity index (χ4n) is 2.11. The molecule has 1 saturated carbocycles. The van der Waals surface area contributed by atoms with Gasteiger partial charge in [0, 0.05) is 30.9 Å². The molecule has 1 aromatic rings. The number of nitrogens with zero attached hydrogens (tertiary/aromatic N) is 1. The van der Waals surface area contributed by atoms with Crippen molar-refractivity contribution in [1.29, 1.82) is 0 Å². The molecule has 0 amide bonds. The number of anilines is 1. The smallest absolute Gasteiger partial charge is 0.243 e. The normalized spacial score (nSPS) is 15.8. The molecule has 0 spiro atoms. The number of hydrogen-bond donors (Lipinski definition) is 1. The average Bonchev–Trinajstić information content (AvgIpc) is 3.18. The first kappa shape index (κ1) is 15.2. The van der Waals surface area contributed by atoms with E-state index >= 15 is 0 Å². The third kappa shape index (κ3) is 2.94. The van der Waals surface area contributed by atoms with Gasteiger partial charge in [-0.05, 0) is 31.9 Å². The summed E-state index contributed by atoms with van der Waals surface area (Å²) in [5, 5.41) is 0. The Balaban J connectivity index is 2.42. The van der Waals surface area contributed by atoms with Crippen LogP contribution in [0.5, 0.6) is 0 Å². The molecule has 0 unspecified atom stereocenters. The van der Waals surface area contributed by atoms with Crippen LogP contribution in [0.1, 0.15) is 18.4 Å². The standard InChI is InChI=1S/C13H19FN2O3S/c1-9-12(14)7-10(15)8-13(9)20(17,18)16(5-6-19-2)11-3-4-11/h7-8,11H,3-6,15H2,1-2H3. The zero-order valence-corrected chi connectivity index (χ0v) is 12.4. The van der Waals surface area contributed by atoms with Crippen LogP contribution >= 0.6 is 0 Å². The Bertz CT molecular complexity index is 600. The first-order valence-electron chi connectivity index (χ1n) is 6.44. The highest BCUT2D eigenvalue weighted by atomic mass is 32.2. The Hall–Kier alpha value is -1.18. The lowest BCUT2D eigenvalue weighted by molar-refractivity contribution is 0.177. The summed E-state index contributed by atoms with van der Waals surface area (Å²) in [6, 6.07) is 2.43. The van der Waals surface area contributed by atoms with Crippen LogP contribution in [0.4, 0.5) is 10.1 Å². The Kier molecular flexibility index (Phi) is 4.31. The molecule has 0 saturated heterocycles. The SMILES string of the molecule is COCCN(C1CC1)S(=O)(=O)c1cc(N)cc(F)c1C. The zero-order chi connectivity index (χ0) is 14.9. The predicted molar refractivity (Wildman–Crippen MR) is 74.3 cm³/mol. The number of hydrogen-bond acceptors (Lipinski definition) is 4. The molecule has 0 bridgehead atoms.